The van der Waals surface area contributed by atoms with Gasteiger partial charge in [-0.1, -0.05) is 30.3 Å². The van der Waals surface area contributed by atoms with Crippen LogP contribution in [0.4, 0.5) is 9.59 Å². The Labute approximate surface area is 111 Å². The zero-order chi connectivity index (χ0) is 13.7. The number of carbonyl (C=O) groups excluding carboxylic acids is 1. The molecule has 1 aliphatic heterocycles. The largest absolute Gasteiger partial charge is 0.465 e. The van der Waals surface area contributed by atoms with Gasteiger partial charge in [0.2, 0.25) is 0 Å². The number of hydrogen-bond donors (Lipinski definition) is 2. The van der Waals surface area contributed by atoms with Gasteiger partial charge >= 0.3 is 12.2 Å². The third-order valence-corrected chi connectivity index (χ3v) is 2.98. The minimum Gasteiger partial charge on any atom is -0.465 e. The Morgan fingerprint density at radius 1 is 1.32 bits per heavy atom. The lowest BCUT2D eigenvalue weighted by Crippen LogP contribution is -2.53. The van der Waals surface area contributed by atoms with Crippen LogP contribution in [0.2, 0.25) is 0 Å². The van der Waals surface area contributed by atoms with Crippen LogP contribution < -0.4 is 5.32 Å². The summed E-state index contributed by atoms with van der Waals surface area (Å²) in [4.78, 5) is 23.3. The molecule has 0 unspecified atom stereocenters. The summed E-state index contributed by atoms with van der Waals surface area (Å²) in [6, 6.07) is 9.42. The number of rotatable bonds is 4. The number of amides is 2. The molecule has 1 aromatic rings. The van der Waals surface area contributed by atoms with Gasteiger partial charge in [-0.2, -0.15) is 0 Å². The summed E-state index contributed by atoms with van der Waals surface area (Å²) < 4.78 is 5.04. The Balaban J connectivity index is 1.60. The van der Waals surface area contributed by atoms with Gasteiger partial charge in [-0.05, 0) is 5.56 Å². The first-order valence-electron chi connectivity index (χ1n) is 6.07. The maximum Gasteiger partial charge on any atom is 0.407 e. The number of carbonyl (C=O) groups is 2. The molecule has 0 aromatic heterocycles. The van der Waals surface area contributed by atoms with Crippen LogP contribution in [0.1, 0.15) is 5.56 Å². The number of benzene rings is 1. The quantitative estimate of drug-likeness (QED) is 0.864. The van der Waals surface area contributed by atoms with Crippen LogP contribution in [0.3, 0.4) is 0 Å². The lowest BCUT2D eigenvalue weighted by molar-refractivity contribution is 0.0792. The number of alkyl carbamates (subject to hydrolysis) is 1. The Morgan fingerprint density at radius 3 is 2.63 bits per heavy atom. The van der Waals surface area contributed by atoms with Crippen molar-refractivity contribution >= 4 is 12.2 Å². The zero-order valence-electron chi connectivity index (χ0n) is 10.4. The number of likely N-dealkylation sites (tertiary alicyclic amines) is 1. The summed E-state index contributed by atoms with van der Waals surface area (Å²) >= 11 is 0. The van der Waals surface area contributed by atoms with Gasteiger partial charge in [0.25, 0.3) is 0 Å². The van der Waals surface area contributed by atoms with Gasteiger partial charge in [-0.15, -0.1) is 0 Å². The number of nitrogens with one attached hydrogen (secondary N) is 1. The smallest absolute Gasteiger partial charge is 0.407 e. The van der Waals surface area contributed by atoms with Crippen LogP contribution in [0.25, 0.3) is 0 Å². The lowest BCUT2D eigenvalue weighted by Gasteiger charge is -2.36. The van der Waals surface area contributed by atoms with Crippen molar-refractivity contribution in [3.8, 4) is 0 Å². The predicted octanol–water partition coefficient (Wildman–Crippen LogP) is 1.52. The third kappa shape index (κ3) is 3.87. The van der Waals surface area contributed by atoms with Crippen molar-refractivity contribution in [3.63, 3.8) is 0 Å². The van der Waals surface area contributed by atoms with Crippen LogP contribution in [0, 0.1) is 5.92 Å². The molecule has 0 atom stereocenters. The van der Waals surface area contributed by atoms with E-state index >= 15 is 0 Å². The monoisotopic (exact) mass is 264 g/mol. The normalized spacial score (nSPS) is 14.6. The Hall–Kier alpha value is -2.24. The molecule has 2 amide bonds. The van der Waals surface area contributed by atoms with Crippen molar-refractivity contribution in [1.29, 1.82) is 0 Å². The molecule has 0 bridgehead atoms. The van der Waals surface area contributed by atoms with Gasteiger partial charge in [0.05, 0.1) is 0 Å². The van der Waals surface area contributed by atoms with E-state index in [0.717, 1.165) is 5.56 Å². The molecule has 0 aliphatic carbocycles. The molecule has 1 heterocycles. The van der Waals surface area contributed by atoms with E-state index in [0.29, 0.717) is 19.6 Å². The molecule has 0 saturated carbocycles. The standard InChI is InChI=1S/C13H16N2O4/c16-12(19-9-10-4-2-1-3-5-10)14-6-11-7-15(8-11)13(17)18/h1-5,11H,6-9H2,(H,14,16)(H,17,18). The molecule has 6 heteroatoms. The Kier molecular flexibility index (Phi) is 4.22. The van der Waals surface area contributed by atoms with E-state index in [2.05, 4.69) is 5.32 Å². The highest BCUT2D eigenvalue weighted by Gasteiger charge is 2.30. The molecule has 0 spiro atoms. The lowest BCUT2D eigenvalue weighted by atomic mass is 10.0. The Morgan fingerprint density at radius 2 is 2.00 bits per heavy atom. The summed E-state index contributed by atoms with van der Waals surface area (Å²) in [7, 11) is 0. The maximum absolute atomic E-state index is 11.4. The second kappa shape index (κ2) is 6.08. The topological polar surface area (TPSA) is 78.9 Å². The fourth-order valence-corrected chi connectivity index (χ4v) is 1.86. The second-order valence-corrected chi connectivity index (χ2v) is 4.50. The van der Waals surface area contributed by atoms with Gasteiger partial charge in [-0.25, -0.2) is 9.59 Å². The maximum atomic E-state index is 11.4. The average molecular weight is 264 g/mol. The summed E-state index contributed by atoms with van der Waals surface area (Å²) in [6.45, 7) is 1.61. The van der Waals surface area contributed by atoms with E-state index in [1.165, 1.54) is 4.90 Å². The molecule has 19 heavy (non-hydrogen) atoms. The molecule has 2 rings (SSSR count). The Bertz CT molecular complexity index is 443. The SMILES string of the molecule is O=C(NCC1CN(C(=O)O)C1)OCc1ccccc1. The zero-order valence-corrected chi connectivity index (χ0v) is 10.4. The van der Waals surface area contributed by atoms with Crippen LogP contribution in [-0.4, -0.2) is 41.8 Å². The number of ether oxygens (including phenoxy) is 1. The van der Waals surface area contributed by atoms with Crippen molar-refractivity contribution in [1.82, 2.24) is 10.2 Å². The summed E-state index contributed by atoms with van der Waals surface area (Å²) in [5.74, 6) is 0.181. The van der Waals surface area contributed by atoms with Crippen molar-refractivity contribution in [2.75, 3.05) is 19.6 Å². The van der Waals surface area contributed by atoms with Crippen LogP contribution in [0.5, 0.6) is 0 Å². The third-order valence-electron chi connectivity index (χ3n) is 2.98. The minimum absolute atomic E-state index is 0.181. The molecular formula is C13H16N2O4. The van der Waals surface area contributed by atoms with Crippen molar-refractivity contribution in [2.45, 2.75) is 6.61 Å². The van der Waals surface area contributed by atoms with Gasteiger partial charge in [-0.3, -0.25) is 0 Å². The molecule has 0 radical (unpaired) electrons. The molecule has 1 aliphatic rings. The first kappa shape index (κ1) is 13.2. The fourth-order valence-electron chi connectivity index (χ4n) is 1.86. The van der Waals surface area contributed by atoms with Crippen LogP contribution in [0.15, 0.2) is 30.3 Å². The number of nitrogens with zero attached hydrogens (tertiary/aromatic N) is 1. The average Bonchev–Trinajstić information content (AvgIpc) is 2.35. The molecule has 1 fully saturated rings. The molecule has 1 saturated heterocycles. The highest BCUT2D eigenvalue weighted by molar-refractivity contribution is 5.68. The fraction of sp³-hybridized carbons (Fsp3) is 0.385. The van der Waals surface area contributed by atoms with Crippen molar-refractivity contribution < 1.29 is 19.4 Å². The highest BCUT2D eigenvalue weighted by Crippen LogP contribution is 2.14. The van der Waals surface area contributed by atoms with E-state index < -0.39 is 12.2 Å². The predicted molar refractivity (Wildman–Crippen MR) is 67.7 cm³/mol. The second-order valence-electron chi connectivity index (χ2n) is 4.50. The minimum atomic E-state index is -0.914. The van der Waals surface area contributed by atoms with Crippen molar-refractivity contribution in [2.24, 2.45) is 5.92 Å². The van der Waals surface area contributed by atoms with Crippen LogP contribution in [-0.2, 0) is 11.3 Å². The van der Waals surface area contributed by atoms with E-state index in [1.54, 1.807) is 0 Å². The van der Waals surface area contributed by atoms with Gasteiger partial charge < -0.3 is 20.1 Å². The number of carboxylic acid groups (broad SMARTS) is 1. The molecule has 1 aromatic carbocycles. The van der Waals surface area contributed by atoms with E-state index in [4.69, 9.17) is 9.84 Å². The van der Waals surface area contributed by atoms with Gasteiger partial charge in [0.15, 0.2) is 0 Å². The summed E-state index contributed by atoms with van der Waals surface area (Å²) in [6.07, 6.45) is -1.39. The van der Waals surface area contributed by atoms with E-state index in [1.807, 2.05) is 30.3 Å². The molecule has 102 valence electrons. The van der Waals surface area contributed by atoms with Crippen LogP contribution >= 0.6 is 0 Å². The highest BCUT2D eigenvalue weighted by atomic mass is 16.5. The molecule has 2 N–H and O–H groups in total. The van der Waals surface area contributed by atoms with Gasteiger partial charge in [0.1, 0.15) is 6.61 Å². The van der Waals surface area contributed by atoms with Crippen molar-refractivity contribution in [3.05, 3.63) is 35.9 Å². The molecular weight excluding hydrogens is 248 g/mol. The van der Waals surface area contributed by atoms with E-state index in [9.17, 15) is 9.59 Å². The van der Waals surface area contributed by atoms with E-state index in [-0.39, 0.29) is 12.5 Å². The summed E-state index contributed by atoms with van der Waals surface area (Å²) in [5, 5.41) is 11.3. The van der Waals surface area contributed by atoms with Gasteiger partial charge in [0, 0.05) is 25.6 Å². The number of hydrogen-bond acceptors (Lipinski definition) is 3. The summed E-state index contributed by atoms with van der Waals surface area (Å²) in [5.41, 5.74) is 0.929. The molecule has 6 nitrogen and oxygen atoms in total. The first-order valence-corrected chi connectivity index (χ1v) is 6.07. The first-order chi connectivity index (χ1) is 9.15.